The molecule has 4 nitrogen and oxygen atoms in total. The number of aromatic nitrogens is 2. The fourth-order valence-corrected chi connectivity index (χ4v) is 1.54. The van der Waals surface area contributed by atoms with E-state index in [0.717, 1.165) is 5.82 Å². The monoisotopic (exact) mass is 247 g/mol. The van der Waals surface area contributed by atoms with Crippen molar-refractivity contribution in [3.05, 3.63) is 36.3 Å². The first-order chi connectivity index (χ1) is 8.61. The molecule has 0 saturated carbocycles. The van der Waals surface area contributed by atoms with E-state index < -0.39 is 5.82 Å². The Kier molecular flexibility index (Phi) is 3.41. The first-order valence-electron chi connectivity index (χ1n) is 5.46. The third-order valence-corrected chi connectivity index (χ3v) is 2.51. The van der Waals surface area contributed by atoms with Gasteiger partial charge < -0.3 is 9.64 Å². The summed E-state index contributed by atoms with van der Waals surface area (Å²) in [5.41, 5.74) is 0.622. The number of benzene rings is 1. The Balaban J connectivity index is 2.42. The highest BCUT2D eigenvalue weighted by molar-refractivity contribution is 5.58. The molecule has 0 N–H and O–H groups in total. The van der Waals surface area contributed by atoms with Crippen molar-refractivity contribution >= 4 is 5.82 Å². The average Bonchev–Trinajstić information content (AvgIpc) is 2.38. The van der Waals surface area contributed by atoms with E-state index >= 15 is 0 Å². The Morgan fingerprint density at radius 1 is 1.22 bits per heavy atom. The van der Waals surface area contributed by atoms with E-state index in [1.165, 1.54) is 13.2 Å². The quantitative estimate of drug-likeness (QED) is 0.834. The second kappa shape index (κ2) is 5.00. The lowest BCUT2D eigenvalue weighted by Gasteiger charge is -2.11. The Morgan fingerprint density at radius 2 is 2.00 bits per heavy atom. The van der Waals surface area contributed by atoms with E-state index in [1.807, 2.05) is 19.0 Å². The van der Waals surface area contributed by atoms with Gasteiger partial charge in [0.1, 0.15) is 5.82 Å². The summed E-state index contributed by atoms with van der Waals surface area (Å²) in [4.78, 5) is 10.4. The molecule has 1 heterocycles. The van der Waals surface area contributed by atoms with E-state index in [0.29, 0.717) is 11.4 Å². The van der Waals surface area contributed by atoms with Gasteiger partial charge in [-0.15, -0.1) is 0 Å². The van der Waals surface area contributed by atoms with E-state index in [-0.39, 0.29) is 5.75 Å². The molecular weight excluding hydrogens is 233 g/mol. The van der Waals surface area contributed by atoms with Crippen molar-refractivity contribution in [3.8, 4) is 17.1 Å². The maximum Gasteiger partial charge on any atom is 0.165 e. The summed E-state index contributed by atoms with van der Waals surface area (Å²) in [6, 6.07) is 6.46. The number of halogens is 1. The molecule has 0 radical (unpaired) electrons. The van der Waals surface area contributed by atoms with E-state index in [4.69, 9.17) is 4.74 Å². The fourth-order valence-electron chi connectivity index (χ4n) is 1.54. The standard InChI is InChI=1S/C13H14FN3O/c1-17(2)12-6-7-15-13(16-12)9-4-5-11(18-3)10(14)8-9/h4-8H,1-3H3. The van der Waals surface area contributed by atoms with E-state index in [1.54, 1.807) is 24.4 Å². The zero-order valence-corrected chi connectivity index (χ0v) is 10.5. The third-order valence-electron chi connectivity index (χ3n) is 2.51. The molecule has 2 aromatic rings. The first-order valence-corrected chi connectivity index (χ1v) is 5.46. The average molecular weight is 247 g/mol. The predicted octanol–water partition coefficient (Wildman–Crippen LogP) is 2.36. The van der Waals surface area contributed by atoms with Crippen LogP contribution in [-0.4, -0.2) is 31.2 Å². The van der Waals surface area contributed by atoms with Gasteiger partial charge in [0.25, 0.3) is 0 Å². The van der Waals surface area contributed by atoms with Gasteiger partial charge in [-0.25, -0.2) is 14.4 Å². The number of methoxy groups -OCH3 is 1. The summed E-state index contributed by atoms with van der Waals surface area (Å²) in [7, 11) is 5.21. The van der Waals surface area contributed by atoms with Gasteiger partial charge in [0.15, 0.2) is 17.4 Å². The maximum absolute atomic E-state index is 13.6. The summed E-state index contributed by atoms with van der Waals surface area (Å²) >= 11 is 0. The number of rotatable bonds is 3. The van der Waals surface area contributed by atoms with Crippen molar-refractivity contribution in [2.75, 3.05) is 26.1 Å². The summed E-state index contributed by atoms with van der Waals surface area (Å²) < 4.78 is 18.5. The Bertz CT molecular complexity index is 558. The molecular formula is C13H14FN3O. The number of hydrogen-bond acceptors (Lipinski definition) is 4. The molecule has 18 heavy (non-hydrogen) atoms. The van der Waals surface area contributed by atoms with E-state index in [9.17, 15) is 4.39 Å². The number of nitrogens with zero attached hydrogens (tertiary/aromatic N) is 3. The van der Waals surface area contributed by atoms with Crippen molar-refractivity contribution in [2.24, 2.45) is 0 Å². The fraction of sp³-hybridized carbons (Fsp3) is 0.231. The highest BCUT2D eigenvalue weighted by Crippen LogP contribution is 2.23. The van der Waals surface area contributed by atoms with E-state index in [2.05, 4.69) is 9.97 Å². The molecule has 0 fully saturated rings. The molecule has 2 rings (SSSR count). The largest absolute Gasteiger partial charge is 0.494 e. The van der Waals surface area contributed by atoms with Gasteiger partial charge >= 0.3 is 0 Å². The zero-order valence-electron chi connectivity index (χ0n) is 10.5. The molecule has 0 aliphatic heterocycles. The summed E-state index contributed by atoms with van der Waals surface area (Å²) in [6.45, 7) is 0. The van der Waals surface area contributed by atoms with Crippen LogP contribution in [0.15, 0.2) is 30.5 Å². The van der Waals surface area contributed by atoms with Crippen LogP contribution in [0.3, 0.4) is 0 Å². The maximum atomic E-state index is 13.6. The minimum absolute atomic E-state index is 0.211. The smallest absolute Gasteiger partial charge is 0.165 e. The summed E-state index contributed by atoms with van der Waals surface area (Å²) in [5, 5.41) is 0. The van der Waals surface area contributed by atoms with Crippen LogP contribution in [0.4, 0.5) is 10.2 Å². The molecule has 0 atom stereocenters. The van der Waals surface area contributed by atoms with Crippen LogP contribution >= 0.6 is 0 Å². The van der Waals surface area contributed by atoms with Gasteiger partial charge in [-0.3, -0.25) is 0 Å². The lowest BCUT2D eigenvalue weighted by Crippen LogP contribution is -2.11. The number of ether oxygens (including phenoxy) is 1. The molecule has 1 aromatic heterocycles. The zero-order chi connectivity index (χ0) is 13.1. The van der Waals surface area contributed by atoms with Crippen LogP contribution in [0, 0.1) is 5.82 Å². The SMILES string of the molecule is COc1ccc(-c2nccc(N(C)C)n2)cc1F. The van der Waals surface area contributed by atoms with Crippen molar-refractivity contribution in [2.45, 2.75) is 0 Å². The molecule has 1 aromatic carbocycles. The van der Waals surface area contributed by atoms with Crippen LogP contribution < -0.4 is 9.64 Å². The molecule has 5 heteroatoms. The van der Waals surface area contributed by atoms with Crippen LogP contribution in [0.25, 0.3) is 11.4 Å². The van der Waals surface area contributed by atoms with Crippen molar-refractivity contribution < 1.29 is 9.13 Å². The van der Waals surface area contributed by atoms with Crippen molar-refractivity contribution in [3.63, 3.8) is 0 Å². The normalized spacial score (nSPS) is 10.2. The Labute approximate surface area is 105 Å². The topological polar surface area (TPSA) is 38.2 Å². The highest BCUT2D eigenvalue weighted by atomic mass is 19.1. The van der Waals surface area contributed by atoms with Gasteiger partial charge in [0.2, 0.25) is 0 Å². The van der Waals surface area contributed by atoms with Gasteiger partial charge in [-0.2, -0.15) is 0 Å². The minimum atomic E-state index is -0.422. The molecule has 94 valence electrons. The highest BCUT2D eigenvalue weighted by Gasteiger charge is 2.08. The predicted molar refractivity (Wildman–Crippen MR) is 68.3 cm³/mol. The summed E-state index contributed by atoms with van der Waals surface area (Å²) in [5.74, 6) is 1.05. The van der Waals surface area contributed by atoms with Gasteiger partial charge in [0.05, 0.1) is 7.11 Å². The summed E-state index contributed by atoms with van der Waals surface area (Å²) in [6.07, 6.45) is 1.65. The second-order valence-electron chi connectivity index (χ2n) is 3.98. The second-order valence-corrected chi connectivity index (χ2v) is 3.98. The lowest BCUT2D eigenvalue weighted by molar-refractivity contribution is 0.386. The molecule has 0 bridgehead atoms. The number of hydrogen-bond donors (Lipinski definition) is 0. The van der Waals surface area contributed by atoms with Crippen molar-refractivity contribution in [1.82, 2.24) is 9.97 Å². The molecule has 0 saturated heterocycles. The third kappa shape index (κ3) is 2.40. The van der Waals surface area contributed by atoms with Crippen LogP contribution in [0.2, 0.25) is 0 Å². The molecule has 0 amide bonds. The lowest BCUT2D eigenvalue weighted by atomic mass is 10.2. The molecule has 0 spiro atoms. The van der Waals surface area contributed by atoms with Crippen LogP contribution in [-0.2, 0) is 0 Å². The Hall–Kier alpha value is -2.17. The minimum Gasteiger partial charge on any atom is -0.494 e. The van der Waals surface area contributed by atoms with Crippen LogP contribution in [0.5, 0.6) is 5.75 Å². The van der Waals surface area contributed by atoms with Crippen molar-refractivity contribution in [1.29, 1.82) is 0 Å². The first kappa shape index (κ1) is 12.3. The van der Waals surface area contributed by atoms with Gasteiger partial charge in [-0.05, 0) is 24.3 Å². The van der Waals surface area contributed by atoms with Gasteiger partial charge in [0, 0.05) is 25.9 Å². The number of anilines is 1. The van der Waals surface area contributed by atoms with Gasteiger partial charge in [-0.1, -0.05) is 0 Å². The van der Waals surface area contributed by atoms with Crippen LogP contribution in [0.1, 0.15) is 0 Å². The molecule has 0 aliphatic rings. The Morgan fingerprint density at radius 3 is 2.61 bits per heavy atom. The molecule has 0 unspecified atom stereocenters. The molecule has 0 aliphatic carbocycles.